The Balaban J connectivity index is 0.000000189. The third-order valence-electron chi connectivity index (χ3n) is 17.0. The summed E-state index contributed by atoms with van der Waals surface area (Å²) >= 11 is 17.8. The van der Waals surface area contributed by atoms with Crippen LogP contribution in [0.3, 0.4) is 0 Å². The van der Waals surface area contributed by atoms with E-state index in [0.29, 0.717) is 34.1 Å². The molecular weight excluding hydrogens is 1410 g/mol. The second-order valence-electron chi connectivity index (χ2n) is 24.9. The fourth-order valence-corrected chi connectivity index (χ4v) is 11.3. The third kappa shape index (κ3) is 25.2. The van der Waals surface area contributed by atoms with Gasteiger partial charge < -0.3 is 62.7 Å². The molecule has 0 saturated carbocycles. The van der Waals surface area contributed by atoms with Gasteiger partial charge in [-0.25, -0.2) is 9.97 Å². The minimum Gasteiger partial charge on any atom is -0.400 e. The zero-order valence-corrected chi connectivity index (χ0v) is 61.3. The van der Waals surface area contributed by atoms with Crippen LogP contribution in [0.5, 0.6) is 0 Å². The summed E-state index contributed by atoms with van der Waals surface area (Å²) in [5.41, 5.74) is 4.80. The number of anilines is 2. The average Bonchev–Trinajstić information content (AvgIpc) is 1.64. The van der Waals surface area contributed by atoms with Crippen molar-refractivity contribution in [3.8, 4) is 0 Å². The number of hydrogen-bond acceptors (Lipinski definition) is 17. The SMILES string of the molecule is CC1(C)OB(C2=CCCN([B]C=O)C2)OC1(C)C.C[C@@H](Br)C(=O)Nc1ccc(Cl)cn1.C[C@@H](C(=O)Nc1ccc(Cl)cn1)N1CCC[C@@H](c2cn(C)c(=O)cn2)C1.Cn1cc(Br)ccc1=O.Cn1cc(C2=CCCN([B]C=O)C2)ccc1=O.Cn1cc(C2CCCNC2)ccc1=O. The number of piperidine rings is 2. The summed E-state index contributed by atoms with van der Waals surface area (Å²) in [7, 11) is 9.84. The Morgan fingerprint density at radius 2 is 1.21 bits per heavy atom. The largest absolute Gasteiger partial charge is 0.491 e. The van der Waals surface area contributed by atoms with E-state index in [0.717, 1.165) is 111 Å². The molecule has 5 aliphatic rings. The Hall–Kier alpha value is -6.72. The van der Waals surface area contributed by atoms with Gasteiger partial charge in [-0.2, -0.15) is 0 Å². The molecule has 5 aliphatic heterocycles. The van der Waals surface area contributed by atoms with Gasteiger partial charge >= 0.3 is 7.12 Å². The first-order valence-electron chi connectivity index (χ1n) is 32.0. The van der Waals surface area contributed by atoms with Gasteiger partial charge in [-0.15, -0.1) is 0 Å². The summed E-state index contributed by atoms with van der Waals surface area (Å²) in [6.45, 7) is 18.7. The molecule has 3 N–H and O–H groups in total. The molecule has 516 valence electrons. The zero-order chi connectivity index (χ0) is 71.0. The topological polar surface area (TPSA) is 259 Å². The third-order valence-corrected chi connectivity index (χ3v) is 18.3. The number of pyridine rings is 5. The first-order valence-corrected chi connectivity index (χ1v) is 34.4. The lowest BCUT2D eigenvalue weighted by molar-refractivity contribution is -0.121. The van der Waals surface area contributed by atoms with Gasteiger partial charge in [0.2, 0.25) is 28.5 Å². The van der Waals surface area contributed by atoms with Crippen LogP contribution >= 0.6 is 55.1 Å². The van der Waals surface area contributed by atoms with Crippen molar-refractivity contribution in [3.05, 3.63) is 194 Å². The predicted molar refractivity (Wildman–Crippen MR) is 394 cm³/mol. The number of carbonyl (C=O) groups excluding carboxylic acids is 4. The van der Waals surface area contributed by atoms with Crippen molar-refractivity contribution >= 4 is 118 Å². The van der Waals surface area contributed by atoms with E-state index in [2.05, 4.69) is 79.8 Å². The number of aryl methyl sites for hydroxylation is 4. The van der Waals surface area contributed by atoms with Gasteiger partial charge in [0, 0.05) is 120 Å². The number of nitrogens with one attached hydrogen (secondary N) is 3. The Morgan fingerprint density at radius 3 is 1.73 bits per heavy atom. The lowest BCUT2D eigenvalue weighted by Crippen LogP contribution is -2.46. The highest BCUT2D eigenvalue weighted by atomic mass is 79.9. The van der Waals surface area contributed by atoms with E-state index in [1.54, 1.807) is 111 Å². The quantitative estimate of drug-likeness (QED) is 0.0565. The number of aromatic nitrogens is 7. The molecule has 2 amide bonds. The molecule has 2 radical (unpaired) electrons. The number of likely N-dealkylation sites (tertiary alicyclic amines) is 1. The van der Waals surface area contributed by atoms with E-state index in [1.807, 2.05) is 75.8 Å². The molecule has 0 spiro atoms. The fraction of sp³-hybridized carbons (Fsp3) is 0.448. The molecule has 11 rings (SSSR count). The van der Waals surface area contributed by atoms with Crippen molar-refractivity contribution in [2.75, 3.05) is 63.0 Å². The van der Waals surface area contributed by atoms with Crippen LogP contribution in [0.1, 0.15) is 109 Å². The summed E-state index contributed by atoms with van der Waals surface area (Å²) in [4.78, 5) is 108. The monoisotopic (exact) mass is 1490 g/mol. The number of rotatable bonds is 13. The average molecular weight is 1500 g/mol. The van der Waals surface area contributed by atoms with Crippen molar-refractivity contribution in [2.45, 2.75) is 114 Å². The lowest BCUT2D eigenvalue weighted by Gasteiger charge is -2.35. The number of halogens is 4. The molecule has 0 aliphatic carbocycles. The summed E-state index contributed by atoms with van der Waals surface area (Å²) < 4.78 is 19.2. The van der Waals surface area contributed by atoms with Crippen LogP contribution < -0.4 is 38.2 Å². The number of carbonyl (C=O) groups is 4. The molecule has 0 bridgehead atoms. The van der Waals surface area contributed by atoms with Crippen molar-refractivity contribution in [1.82, 2.24) is 53.1 Å². The highest BCUT2D eigenvalue weighted by molar-refractivity contribution is 9.10. The molecule has 3 fully saturated rings. The number of hydrogen-bond donors (Lipinski definition) is 3. The van der Waals surface area contributed by atoms with Crippen molar-refractivity contribution in [1.29, 1.82) is 0 Å². The zero-order valence-electron chi connectivity index (χ0n) is 56.6. The Kier molecular flexibility index (Phi) is 31.5. The Labute approximate surface area is 595 Å². The first kappa shape index (κ1) is 79.3. The molecule has 3 saturated heterocycles. The van der Waals surface area contributed by atoms with Gasteiger partial charge in [0.1, 0.15) is 11.6 Å². The molecule has 23 nitrogen and oxygen atoms in total. The van der Waals surface area contributed by atoms with Crippen LogP contribution in [0.15, 0.2) is 145 Å². The normalized spacial score (nSPS) is 18.7. The highest BCUT2D eigenvalue weighted by Gasteiger charge is 2.52. The van der Waals surface area contributed by atoms with Gasteiger partial charge in [0.05, 0.1) is 56.4 Å². The number of amides is 2. The maximum absolute atomic E-state index is 12.6. The van der Waals surface area contributed by atoms with Crippen LogP contribution in [0, 0.1) is 0 Å². The Morgan fingerprint density at radius 1 is 0.660 bits per heavy atom. The van der Waals surface area contributed by atoms with Crippen molar-refractivity contribution < 1.29 is 28.5 Å². The molecular formula is C67H86B3Br2Cl2N13O10. The molecule has 6 aromatic rings. The standard InChI is InChI=1S/C18H22ClN5O2.C12H20B2NO3.C12H14BN2O2.C11H16N2O.C8H8BrClN2O.C6H6BrNO/c1-12(18(26)22-16-6-5-14(19)8-21-16)24-7-3-4-13(10-24)15-11-23(2)17(25)9-20-15;1-11(2)12(3,4)18-14(17-11)10-6-5-7-15(8-10)13-9-16;1-14-7-11(4-5-12(14)17)10-3-2-6-15(8-10)13-9-16;1-13-8-10(4-5-11(13)14)9-3-2-6-12-7-9;1-5(9)8(13)12-7-3-2-6(10)4-11-7;1-8-4-5(7)2-3-6(8)9/h5-6,8-9,11-13H,3-4,7,10H2,1-2H3,(H,21,22,26);6,9H,5,7-8H2,1-4H3;3-5,7,9H,2,6,8H2,1H3;4-5,8-9,12H,2-3,6-7H2,1H3;2-5H,1H3,(H,11,12,13);2-4H,1H3/t12-,13+;;;;5-;/m0...1./s1. The maximum Gasteiger partial charge on any atom is 0.491 e. The molecule has 0 aromatic carbocycles. The molecule has 97 heavy (non-hydrogen) atoms. The van der Waals surface area contributed by atoms with Gasteiger partial charge in [-0.3, -0.25) is 38.7 Å². The van der Waals surface area contributed by atoms with Gasteiger partial charge in [-0.1, -0.05) is 57.4 Å². The smallest absolute Gasteiger partial charge is 0.400 e. The van der Waals surface area contributed by atoms with E-state index >= 15 is 0 Å². The second-order valence-corrected chi connectivity index (χ2v) is 28.1. The number of alkyl halides is 1. The van der Waals surface area contributed by atoms with Crippen LogP contribution in [-0.2, 0) is 56.7 Å². The molecule has 30 heteroatoms. The number of nitrogens with zero attached hydrogens (tertiary/aromatic N) is 10. The van der Waals surface area contributed by atoms with Gasteiger partial charge in [-0.05, 0) is 187 Å². The molecule has 4 atom stereocenters. The van der Waals surface area contributed by atoms with Crippen LogP contribution in [0.25, 0.3) is 5.57 Å². The van der Waals surface area contributed by atoms with Crippen LogP contribution in [0.4, 0.5) is 11.6 Å². The molecule has 6 aromatic heterocycles. The summed E-state index contributed by atoms with van der Waals surface area (Å²) in [6, 6.07) is 16.7. The van der Waals surface area contributed by atoms with E-state index < -0.39 is 0 Å². The van der Waals surface area contributed by atoms with E-state index in [-0.39, 0.29) is 69.2 Å². The summed E-state index contributed by atoms with van der Waals surface area (Å²) in [6.07, 6.45) is 23.9. The van der Waals surface area contributed by atoms with Gasteiger partial charge in [0.15, 0.2) is 0 Å². The minimum absolute atomic E-state index is 0.0122. The van der Waals surface area contributed by atoms with Crippen LogP contribution in [0.2, 0.25) is 10.0 Å². The van der Waals surface area contributed by atoms with E-state index in [9.17, 15) is 38.4 Å². The second kappa shape index (κ2) is 38.6. The minimum atomic E-state index is -0.310. The maximum atomic E-state index is 12.6. The van der Waals surface area contributed by atoms with E-state index in [4.69, 9.17) is 32.5 Å². The van der Waals surface area contributed by atoms with Crippen molar-refractivity contribution in [2.24, 2.45) is 28.2 Å². The van der Waals surface area contributed by atoms with E-state index in [1.165, 1.54) is 47.6 Å². The predicted octanol–water partition coefficient (Wildman–Crippen LogP) is 7.84. The lowest BCUT2D eigenvalue weighted by atomic mass is 9.74. The van der Waals surface area contributed by atoms with Crippen LogP contribution in [-0.4, -0.2) is 168 Å². The van der Waals surface area contributed by atoms with Gasteiger partial charge in [0.25, 0.3) is 20.4 Å². The summed E-state index contributed by atoms with van der Waals surface area (Å²) in [5.74, 6) is 1.54. The Bertz CT molecular complexity index is 3890. The molecule has 1 unspecified atom stereocenters. The highest BCUT2D eigenvalue weighted by Crippen LogP contribution is 2.39. The van der Waals surface area contributed by atoms with Crippen molar-refractivity contribution in [3.63, 3.8) is 0 Å². The molecule has 11 heterocycles. The summed E-state index contributed by atoms with van der Waals surface area (Å²) in [5, 5.41) is 9.89. The first-order chi connectivity index (χ1) is 46.1. The fourth-order valence-electron chi connectivity index (χ4n) is 10.5.